The van der Waals surface area contributed by atoms with Crippen molar-refractivity contribution in [3.8, 4) is 11.5 Å². The zero-order valence-corrected chi connectivity index (χ0v) is 11.8. The highest BCUT2D eigenvalue weighted by Gasteiger charge is 2.21. The van der Waals surface area contributed by atoms with Crippen LogP contribution in [0.4, 0.5) is 0 Å². The molecule has 3 aromatic rings. The molecule has 2 N–H and O–H groups in total. The maximum absolute atomic E-state index is 11.9. The minimum absolute atomic E-state index is 0.100. The Kier molecular flexibility index (Phi) is 2.43. The first-order valence-electron chi connectivity index (χ1n) is 6.53. The predicted molar refractivity (Wildman–Crippen MR) is 76.0 cm³/mol. The summed E-state index contributed by atoms with van der Waals surface area (Å²) in [4.78, 5) is 26.3. The Morgan fingerprint density at radius 1 is 1.35 bits per heavy atom. The van der Waals surface area contributed by atoms with E-state index >= 15 is 0 Å². The summed E-state index contributed by atoms with van der Waals surface area (Å²) in [6, 6.07) is 0. The molecule has 4 rings (SSSR count). The Morgan fingerprint density at radius 2 is 2.25 bits per heavy atom. The van der Waals surface area contributed by atoms with Crippen LogP contribution in [0.3, 0.4) is 0 Å². The number of fused-ring (bicyclic) bond motifs is 2. The van der Waals surface area contributed by atoms with Gasteiger partial charge in [-0.1, -0.05) is 0 Å². The van der Waals surface area contributed by atoms with E-state index in [2.05, 4.69) is 27.2 Å². The highest BCUT2D eigenvalue weighted by atomic mass is 32.1. The van der Waals surface area contributed by atoms with Gasteiger partial charge in [0.15, 0.2) is 10.8 Å². The number of carbonyl (C=O) groups is 1. The summed E-state index contributed by atoms with van der Waals surface area (Å²) < 4.78 is 1.99. The van der Waals surface area contributed by atoms with Crippen LogP contribution < -0.4 is 5.32 Å². The van der Waals surface area contributed by atoms with Gasteiger partial charge in [0.2, 0.25) is 0 Å². The lowest BCUT2D eigenvalue weighted by Gasteiger charge is -1.95. The summed E-state index contributed by atoms with van der Waals surface area (Å²) in [5.41, 5.74) is 2.18. The van der Waals surface area contributed by atoms with Crippen molar-refractivity contribution in [1.82, 2.24) is 24.7 Å². The molecule has 0 unspecified atom stereocenters. The number of thiazole rings is 1. The van der Waals surface area contributed by atoms with Crippen LogP contribution in [-0.2, 0) is 6.42 Å². The summed E-state index contributed by atoms with van der Waals surface area (Å²) in [7, 11) is 0. The van der Waals surface area contributed by atoms with E-state index in [-0.39, 0.29) is 5.91 Å². The molecule has 0 saturated carbocycles. The zero-order valence-electron chi connectivity index (χ0n) is 10.9. The van der Waals surface area contributed by atoms with E-state index in [1.54, 1.807) is 11.3 Å². The quantitative estimate of drug-likeness (QED) is 0.716. The molecule has 1 aliphatic rings. The van der Waals surface area contributed by atoms with E-state index in [0.717, 1.165) is 29.2 Å². The van der Waals surface area contributed by atoms with Gasteiger partial charge < -0.3 is 10.3 Å². The number of hydrogen-bond acceptors (Lipinski definition) is 4. The third-order valence-electron chi connectivity index (χ3n) is 3.40. The summed E-state index contributed by atoms with van der Waals surface area (Å²) in [6.07, 6.45) is 5.74. The van der Waals surface area contributed by atoms with Gasteiger partial charge in [-0.05, 0) is 19.8 Å². The number of aromatic amines is 1. The van der Waals surface area contributed by atoms with Crippen molar-refractivity contribution in [2.45, 2.75) is 19.8 Å². The molecule has 0 fully saturated rings. The van der Waals surface area contributed by atoms with Gasteiger partial charge in [0, 0.05) is 29.5 Å². The molecule has 0 spiro atoms. The summed E-state index contributed by atoms with van der Waals surface area (Å²) in [5, 5.41) is 2.85. The molecule has 3 aromatic heterocycles. The van der Waals surface area contributed by atoms with Crippen LogP contribution in [0.25, 0.3) is 16.5 Å². The Bertz CT molecular complexity index is 781. The molecule has 0 atom stereocenters. The van der Waals surface area contributed by atoms with E-state index in [1.165, 1.54) is 4.88 Å². The number of H-pyrrole nitrogens is 1. The van der Waals surface area contributed by atoms with Gasteiger partial charge in [-0.2, -0.15) is 0 Å². The van der Waals surface area contributed by atoms with E-state index in [4.69, 9.17) is 0 Å². The van der Waals surface area contributed by atoms with Gasteiger partial charge in [0.25, 0.3) is 5.91 Å². The van der Waals surface area contributed by atoms with E-state index < -0.39 is 0 Å². The topological polar surface area (TPSA) is 75.1 Å². The standard InChI is InChI=1S/C13H13N5OS/c1-7-5-18-6-9(16-13(18)20-7)11-15-8-3-2-4-14-12(19)10(8)17-11/h5-6H,2-4H2,1H3,(H,14,19)(H,15,17). The second-order valence-corrected chi connectivity index (χ2v) is 6.14. The SMILES string of the molecule is Cc1cn2cc(-c3nc4c([nH]3)CCCNC4=O)nc2s1. The Balaban J connectivity index is 1.80. The molecular formula is C13H13N5OS. The van der Waals surface area contributed by atoms with Crippen molar-refractivity contribution in [3.05, 3.63) is 28.7 Å². The third-order valence-corrected chi connectivity index (χ3v) is 4.31. The minimum Gasteiger partial charge on any atom is -0.351 e. The number of nitrogens with zero attached hydrogens (tertiary/aromatic N) is 3. The molecule has 0 saturated heterocycles. The molecule has 20 heavy (non-hydrogen) atoms. The predicted octanol–water partition coefficient (Wildman–Crippen LogP) is 1.77. The number of hydrogen-bond donors (Lipinski definition) is 2. The first kappa shape index (κ1) is 11.7. The van der Waals surface area contributed by atoms with Crippen LogP contribution in [0.2, 0.25) is 0 Å². The molecule has 4 heterocycles. The van der Waals surface area contributed by atoms with Crippen molar-refractivity contribution in [2.75, 3.05) is 6.54 Å². The van der Waals surface area contributed by atoms with Gasteiger partial charge in [-0.3, -0.25) is 9.20 Å². The van der Waals surface area contributed by atoms with E-state index in [0.29, 0.717) is 18.1 Å². The molecule has 0 bridgehead atoms. The monoisotopic (exact) mass is 287 g/mol. The normalized spacial score (nSPS) is 15.2. The van der Waals surface area contributed by atoms with Crippen LogP contribution in [0.15, 0.2) is 12.4 Å². The fourth-order valence-corrected chi connectivity index (χ4v) is 3.28. The fraction of sp³-hybridized carbons (Fsp3) is 0.308. The maximum Gasteiger partial charge on any atom is 0.271 e. The van der Waals surface area contributed by atoms with Gasteiger partial charge >= 0.3 is 0 Å². The molecule has 1 amide bonds. The second kappa shape index (κ2) is 4.17. The van der Waals surface area contributed by atoms with Crippen molar-refractivity contribution in [2.24, 2.45) is 0 Å². The lowest BCUT2D eigenvalue weighted by Crippen LogP contribution is -2.23. The lowest BCUT2D eigenvalue weighted by molar-refractivity contribution is 0.0951. The Hall–Kier alpha value is -2.15. The number of amides is 1. The van der Waals surface area contributed by atoms with Crippen LogP contribution in [0, 0.1) is 6.92 Å². The zero-order chi connectivity index (χ0) is 13.7. The summed E-state index contributed by atoms with van der Waals surface area (Å²) in [5.74, 6) is 0.567. The van der Waals surface area contributed by atoms with Crippen LogP contribution in [0.1, 0.15) is 27.5 Å². The highest BCUT2D eigenvalue weighted by molar-refractivity contribution is 7.17. The number of carbonyl (C=O) groups excluding carboxylic acids is 1. The number of nitrogens with one attached hydrogen (secondary N) is 2. The van der Waals surface area contributed by atoms with Crippen LogP contribution in [0.5, 0.6) is 0 Å². The second-order valence-electron chi connectivity index (χ2n) is 4.93. The van der Waals surface area contributed by atoms with Gasteiger partial charge in [0.1, 0.15) is 11.4 Å². The Labute approximate surface area is 118 Å². The average Bonchev–Trinajstić information content (AvgIpc) is 3.03. The fourth-order valence-electron chi connectivity index (χ4n) is 2.48. The van der Waals surface area contributed by atoms with Crippen molar-refractivity contribution in [3.63, 3.8) is 0 Å². The Morgan fingerprint density at radius 3 is 3.10 bits per heavy atom. The molecule has 0 aromatic carbocycles. The lowest BCUT2D eigenvalue weighted by atomic mass is 10.2. The summed E-state index contributed by atoms with van der Waals surface area (Å²) in [6.45, 7) is 2.76. The van der Waals surface area contributed by atoms with E-state index in [1.807, 2.05) is 16.8 Å². The summed E-state index contributed by atoms with van der Waals surface area (Å²) >= 11 is 1.64. The third kappa shape index (κ3) is 1.74. The average molecular weight is 287 g/mol. The van der Waals surface area contributed by atoms with Crippen molar-refractivity contribution in [1.29, 1.82) is 0 Å². The number of rotatable bonds is 1. The van der Waals surface area contributed by atoms with Gasteiger partial charge in [-0.25, -0.2) is 9.97 Å². The maximum atomic E-state index is 11.9. The van der Waals surface area contributed by atoms with Gasteiger partial charge in [-0.15, -0.1) is 11.3 Å². The number of imidazole rings is 2. The molecule has 0 radical (unpaired) electrons. The largest absolute Gasteiger partial charge is 0.351 e. The van der Waals surface area contributed by atoms with Crippen LogP contribution in [-0.4, -0.2) is 31.8 Å². The smallest absolute Gasteiger partial charge is 0.271 e. The van der Waals surface area contributed by atoms with E-state index in [9.17, 15) is 4.79 Å². The van der Waals surface area contributed by atoms with Crippen molar-refractivity contribution < 1.29 is 4.79 Å². The minimum atomic E-state index is -0.100. The molecule has 1 aliphatic heterocycles. The highest BCUT2D eigenvalue weighted by Crippen LogP contribution is 2.23. The molecule has 7 heteroatoms. The van der Waals surface area contributed by atoms with Crippen molar-refractivity contribution >= 4 is 22.2 Å². The molecule has 0 aliphatic carbocycles. The number of aryl methyl sites for hydroxylation is 2. The van der Waals surface area contributed by atoms with Gasteiger partial charge in [0.05, 0.1) is 0 Å². The van der Waals surface area contributed by atoms with Crippen LogP contribution >= 0.6 is 11.3 Å². The first-order chi connectivity index (χ1) is 9.70. The molecular weight excluding hydrogens is 274 g/mol. The molecule has 102 valence electrons. The number of aromatic nitrogens is 4. The first-order valence-corrected chi connectivity index (χ1v) is 7.35. The molecule has 6 nitrogen and oxygen atoms in total.